The van der Waals surface area contributed by atoms with Crippen LogP contribution in [0.1, 0.15) is 33.6 Å². The van der Waals surface area contributed by atoms with Gasteiger partial charge in [-0.1, -0.05) is 27.2 Å². The second kappa shape index (κ2) is 10.5. The predicted molar refractivity (Wildman–Crippen MR) is 69.0 cm³/mol. The van der Waals surface area contributed by atoms with E-state index in [0.717, 1.165) is 19.4 Å². The number of rotatable bonds is 10. The number of amides is 1. The van der Waals surface area contributed by atoms with Crippen LogP contribution in [0.4, 0.5) is 0 Å². The average Bonchev–Trinajstić information content (AvgIpc) is 2.31. The molecule has 102 valence electrons. The first-order chi connectivity index (χ1) is 8.09. The molecule has 1 amide bonds. The first kappa shape index (κ1) is 16.4. The smallest absolute Gasteiger partial charge is 0.224 e. The van der Waals surface area contributed by atoms with E-state index in [2.05, 4.69) is 6.92 Å². The summed E-state index contributed by atoms with van der Waals surface area (Å²) in [7, 11) is 1.81. The molecule has 0 atom stereocenters. The Bertz CT molecular complexity index is 195. The maximum Gasteiger partial charge on any atom is 0.224 e. The van der Waals surface area contributed by atoms with Crippen LogP contribution in [0.2, 0.25) is 0 Å². The number of hydrogen-bond donors (Lipinski definition) is 0. The third-order valence-electron chi connectivity index (χ3n) is 2.46. The third-order valence-corrected chi connectivity index (χ3v) is 2.46. The van der Waals surface area contributed by atoms with Crippen LogP contribution in [0.25, 0.3) is 0 Å². The Morgan fingerprint density at radius 2 is 1.71 bits per heavy atom. The number of unbranched alkanes of at least 4 members (excludes halogenated alkanes) is 1. The normalized spacial score (nSPS) is 10.9. The van der Waals surface area contributed by atoms with Gasteiger partial charge in [0.25, 0.3) is 0 Å². The Hall–Kier alpha value is -0.610. The number of carbonyl (C=O) groups excluding carboxylic acids is 1. The highest BCUT2D eigenvalue weighted by Crippen LogP contribution is 1.98. The van der Waals surface area contributed by atoms with E-state index in [-0.39, 0.29) is 11.8 Å². The summed E-state index contributed by atoms with van der Waals surface area (Å²) in [4.78, 5) is 13.2. The number of nitrogens with zero attached hydrogens (tertiary/aromatic N) is 1. The van der Waals surface area contributed by atoms with Crippen molar-refractivity contribution in [3.8, 4) is 0 Å². The molecule has 0 aromatic rings. The molecular formula is C13H27NO3. The molecule has 0 rings (SSSR count). The molecule has 0 aliphatic heterocycles. The largest absolute Gasteiger partial charge is 0.379 e. The van der Waals surface area contributed by atoms with E-state index in [1.54, 1.807) is 4.90 Å². The van der Waals surface area contributed by atoms with Gasteiger partial charge in [0.1, 0.15) is 0 Å². The van der Waals surface area contributed by atoms with Gasteiger partial charge in [-0.2, -0.15) is 0 Å². The van der Waals surface area contributed by atoms with Crippen molar-refractivity contribution in [2.75, 3.05) is 40.0 Å². The minimum Gasteiger partial charge on any atom is -0.379 e. The van der Waals surface area contributed by atoms with E-state index in [4.69, 9.17) is 9.47 Å². The molecule has 4 heteroatoms. The van der Waals surface area contributed by atoms with Crippen molar-refractivity contribution in [1.29, 1.82) is 0 Å². The van der Waals surface area contributed by atoms with Crippen molar-refractivity contribution < 1.29 is 14.3 Å². The maximum absolute atomic E-state index is 11.5. The molecule has 0 bridgehead atoms. The van der Waals surface area contributed by atoms with Gasteiger partial charge >= 0.3 is 0 Å². The van der Waals surface area contributed by atoms with Gasteiger partial charge in [-0.25, -0.2) is 0 Å². The topological polar surface area (TPSA) is 38.8 Å². The van der Waals surface area contributed by atoms with Gasteiger partial charge in [0.2, 0.25) is 5.91 Å². The molecule has 0 aromatic heterocycles. The second-order valence-electron chi connectivity index (χ2n) is 4.49. The van der Waals surface area contributed by atoms with Crippen LogP contribution in [0.5, 0.6) is 0 Å². The predicted octanol–water partition coefficient (Wildman–Crippen LogP) is 1.93. The summed E-state index contributed by atoms with van der Waals surface area (Å²) in [5, 5.41) is 0. The number of likely N-dealkylation sites (N-methyl/N-ethyl adjacent to an activating group) is 1. The molecule has 0 aliphatic carbocycles. The molecule has 0 saturated carbocycles. The summed E-state index contributed by atoms with van der Waals surface area (Å²) in [6.45, 7) is 9.23. The fourth-order valence-electron chi connectivity index (χ4n) is 1.32. The Labute approximate surface area is 105 Å². The summed E-state index contributed by atoms with van der Waals surface area (Å²) in [5.41, 5.74) is 0. The zero-order valence-corrected chi connectivity index (χ0v) is 11.7. The summed E-state index contributed by atoms with van der Waals surface area (Å²) in [6.07, 6.45) is 2.26. The Kier molecular flexibility index (Phi) is 10.2. The van der Waals surface area contributed by atoms with Crippen LogP contribution in [-0.4, -0.2) is 50.8 Å². The summed E-state index contributed by atoms with van der Waals surface area (Å²) in [5.74, 6) is 0.213. The first-order valence-electron chi connectivity index (χ1n) is 6.50. The maximum atomic E-state index is 11.5. The van der Waals surface area contributed by atoms with Gasteiger partial charge < -0.3 is 14.4 Å². The first-order valence-corrected chi connectivity index (χ1v) is 6.50. The summed E-state index contributed by atoms with van der Waals surface area (Å²) in [6, 6.07) is 0. The van der Waals surface area contributed by atoms with Crippen LogP contribution in [-0.2, 0) is 14.3 Å². The van der Waals surface area contributed by atoms with E-state index >= 15 is 0 Å². The second-order valence-corrected chi connectivity index (χ2v) is 4.49. The van der Waals surface area contributed by atoms with Gasteiger partial charge in [0, 0.05) is 26.1 Å². The van der Waals surface area contributed by atoms with E-state index in [1.807, 2.05) is 20.9 Å². The van der Waals surface area contributed by atoms with E-state index in [1.165, 1.54) is 0 Å². The molecule has 0 radical (unpaired) electrons. The average molecular weight is 245 g/mol. The Balaban J connectivity index is 3.30. The molecule has 0 aromatic carbocycles. The van der Waals surface area contributed by atoms with Crippen LogP contribution in [0.3, 0.4) is 0 Å². The highest BCUT2D eigenvalue weighted by Gasteiger charge is 2.11. The van der Waals surface area contributed by atoms with Gasteiger partial charge in [0.05, 0.1) is 19.8 Å². The van der Waals surface area contributed by atoms with Crippen molar-refractivity contribution >= 4 is 5.91 Å². The molecule has 4 nitrogen and oxygen atoms in total. The highest BCUT2D eigenvalue weighted by molar-refractivity contribution is 5.77. The third kappa shape index (κ3) is 9.12. The molecule has 0 unspecified atom stereocenters. The fraction of sp³-hybridized carbons (Fsp3) is 0.923. The monoisotopic (exact) mass is 245 g/mol. The van der Waals surface area contributed by atoms with Gasteiger partial charge in [-0.3, -0.25) is 4.79 Å². The number of ether oxygens (including phenoxy) is 2. The van der Waals surface area contributed by atoms with E-state index in [0.29, 0.717) is 26.4 Å². The van der Waals surface area contributed by atoms with Crippen LogP contribution in [0.15, 0.2) is 0 Å². The standard InChI is InChI=1S/C13H27NO3/c1-5-6-8-16-10-11-17-9-7-14(4)13(15)12(2)3/h12H,5-11H2,1-4H3. The SMILES string of the molecule is CCCCOCCOCCN(C)C(=O)C(C)C. The van der Waals surface area contributed by atoms with Crippen molar-refractivity contribution in [2.45, 2.75) is 33.6 Å². The molecule has 0 N–H and O–H groups in total. The molecular weight excluding hydrogens is 218 g/mol. The quantitative estimate of drug-likeness (QED) is 0.552. The van der Waals surface area contributed by atoms with Crippen LogP contribution < -0.4 is 0 Å². The lowest BCUT2D eigenvalue weighted by Gasteiger charge is -2.19. The fourth-order valence-corrected chi connectivity index (χ4v) is 1.32. The van der Waals surface area contributed by atoms with E-state index < -0.39 is 0 Å². The molecule has 0 fully saturated rings. The highest BCUT2D eigenvalue weighted by atomic mass is 16.5. The number of hydrogen-bond acceptors (Lipinski definition) is 3. The molecule has 17 heavy (non-hydrogen) atoms. The molecule has 0 saturated heterocycles. The lowest BCUT2D eigenvalue weighted by atomic mass is 10.2. The van der Waals surface area contributed by atoms with Gasteiger partial charge in [-0.15, -0.1) is 0 Å². The van der Waals surface area contributed by atoms with Crippen LogP contribution >= 0.6 is 0 Å². The van der Waals surface area contributed by atoms with E-state index in [9.17, 15) is 4.79 Å². The number of carbonyl (C=O) groups is 1. The van der Waals surface area contributed by atoms with Gasteiger partial charge in [-0.05, 0) is 6.42 Å². The lowest BCUT2D eigenvalue weighted by molar-refractivity contribution is -0.133. The van der Waals surface area contributed by atoms with Crippen LogP contribution in [0, 0.1) is 5.92 Å². The Morgan fingerprint density at radius 1 is 1.12 bits per heavy atom. The van der Waals surface area contributed by atoms with Crippen molar-refractivity contribution in [2.24, 2.45) is 5.92 Å². The zero-order chi connectivity index (χ0) is 13.1. The summed E-state index contributed by atoms with van der Waals surface area (Å²) >= 11 is 0. The molecule has 0 aliphatic rings. The molecule has 0 heterocycles. The zero-order valence-electron chi connectivity index (χ0n) is 11.7. The van der Waals surface area contributed by atoms with Crippen molar-refractivity contribution in [1.82, 2.24) is 4.90 Å². The lowest BCUT2D eigenvalue weighted by Crippen LogP contribution is -2.33. The minimum atomic E-state index is 0.0531. The molecule has 0 spiro atoms. The van der Waals surface area contributed by atoms with Crippen molar-refractivity contribution in [3.05, 3.63) is 0 Å². The van der Waals surface area contributed by atoms with Crippen molar-refractivity contribution in [3.63, 3.8) is 0 Å². The Morgan fingerprint density at radius 3 is 2.24 bits per heavy atom. The van der Waals surface area contributed by atoms with Gasteiger partial charge in [0.15, 0.2) is 0 Å². The summed E-state index contributed by atoms with van der Waals surface area (Å²) < 4.78 is 10.8. The minimum absolute atomic E-state index is 0.0531.